The number of hydrogen-bond acceptors (Lipinski definition) is 4. The van der Waals surface area contributed by atoms with Crippen LogP contribution in [0.5, 0.6) is 17.2 Å². The zero-order valence-corrected chi connectivity index (χ0v) is 16.9. The molecule has 6 nitrogen and oxygen atoms in total. The monoisotopic (exact) mass is 403 g/mol. The van der Waals surface area contributed by atoms with Gasteiger partial charge in [0.1, 0.15) is 11.5 Å². The Morgan fingerprint density at radius 3 is 2.47 bits per heavy atom. The maximum atomic E-state index is 12.8. The van der Waals surface area contributed by atoms with Gasteiger partial charge >= 0.3 is 6.03 Å². The van der Waals surface area contributed by atoms with E-state index < -0.39 is 0 Å². The van der Waals surface area contributed by atoms with Gasteiger partial charge < -0.3 is 25.0 Å². The van der Waals surface area contributed by atoms with Crippen LogP contribution in [-0.4, -0.2) is 42.2 Å². The van der Waals surface area contributed by atoms with Crippen molar-refractivity contribution in [1.29, 1.82) is 0 Å². The summed E-state index contributed by atoms with van der Waals surface area (Å²) in [5.74, 6) is 1.59. The molecule has 1 aliphatic rings. The third kappa shape index (κ3) is 4.66. The quantitative estimate of drug-likeness (QED) is 0.654. The lowest BCUT2D eigenvalue weighted by Gasteiger charge is -2.36. The Hall–Kier alpha value is -3.67. The molecule has 3 aromatic rings. The van der Waals surface area contributed by atoms with E-state index in [9.17, 15) is 9.90 Å². The number of nitrogens with one attached hydrogen (secondary N) is 1. The third-order valence-corrected chi connectivity index (χ3v) is 5.11. The molecule has 2 amide bonds. The lowest BCUT2D eigenvalue weighted by Crippen LogP contribution is -2.50. The van der Waals surface area contributed by atoms with Gasteiger partial charge in [-0.05, 0) is 48.9 Å². The van der Waals surface area contributed by atoms with Crippen LogP contribution in [0.2, 0.25) is 0 Å². The minimum atomic E-state index is -0.147. The Labute approximate surface area is 176 Å². The summed E-state index contributed by atoms with van der Waals surface area (Å²) in [5, 5.41) is 12.7. The summed E-state index contributed by atoms with van der Waals surface area (Å²) in [6.07, 6.45) is 0. The van der Waals surface area contributed by atoms with Crippen LogP contribution < -0.4 is 15.0 Å². The second kappa shape index (κ2) is 8.78. The van der Waals surface area contributed by atoms with Crippen LogP contribution in [0.4, 0.5) is 16.2 Å². The van der Waals surface area contributed by atoms with Crippen LogP contribution in [0, 0.1) is 6.92 Å². The molecule has 0 saturated carbocycles. The molecule has 0 aromatic heterocycles. The molecule has 30 heavy (non-hydrogen) atoms. The Kier molecular flexibility index (Phi) is 5.75. The minimum Gasteiger partial charge on any atom is -0.508 e. The van der Waals surface area contributed by atoms with E-state index in [0.717, 1.165) is 17.0 Å². The summed E-state index contributed by atoms with van der Waals surface area (Å²) in [6, 6.07) is 22.3. The first kappa shape index (κ1) is 19.6. The molecule has 0 unspecified atom stereocenters. The van der Waals surface area contributed by atoms with Crippen LogP contribution >= 0.6 is 0 Å². The number of urea groups is 1. The summed E-state index contributed by atoms with van der Waals surface area (Å²) in [6.45, 7) is 4.62. The minimum absolute atomic E-state index is 0.147. The number of phenols is 1. The highest BCUT2D eigenvalue weighted by Crippen LogP contribution is 2.30. The van der Waals surface area contributed by atoms with Crippen molar-refractivity contribution in [3.8, 4) is 17.2 Å². The smallest absolute Gasteiger partial charge is 0.322 e. The van der Waals surface area contributed by atoms with Gasteiger partial charge in [-0.3, -0.25) is 0 Å². The summed E-state index contributed by atoms with van der Waals surface area (Å²) < 4.78 is 6.00. The molecule has 0 atom stereocenters. The lowest BCUT2D eigenvalue weighted by molar-refractivity contribution is 0.208. The van der Waals surface area contributed by atoms with Gasteiger partial charge in [-0.15, -0.1) is 0 Å². The van der Waals surface area contributed by atoms with Gasteiger partial charge in [0, 0.05) is 37.9 Å². The summed E-state index contributed by atoms with van der Waals surface area (Å²) in [4.78, 5) is 16.8. The topological polar surface area (TPSA) is 65.0 Å². The summed E-state index contributed by atoms with van der Waals surface area (Å²) in [5.41, 5.74) is 2.71. The van der Waals surface area contributed by atoms with Crippen molar-refractivity contribution in [2.45, 2.75) is 6.92 Å². The number of hydrogen-bond donors (Lipinski definition) is 2. The molecular weight excluding hydrogens is 378 g/mol. The van der Waals surface area contributed by atoms with Gasteiger partial charge in [-0.2, -0.15) is 0 Å². The number of ether oxygens (including phenoxy) is 1. The standard InChI is InChI=1S/C24H25N3O3/c1-18-6-4-9-21(16-18)30-23-11-3-2-10-22(23)25-24(29)27-14-12-26(13-15-27)19-7-5-8-20(28)17-19/h2-11,16-17,28H,12-15H2,1H3,(H,25,29). The number of para-hydroxylation sites is 2. The Bertz CT molecular complexity index is 1030. The van der Waals surface area contributed by atoms with E-state index in [0.29, 0.717) is 37.6 Å². The molecule has 1 heterocycles. The highest BCUT2D eigenvalue weighted by atomic mass is 16.5. The molecule has 1 saturated heterocycles. The van der Waals surface area contributed by atoms with E-state index >= 15 is 0 Å². The molecule has 4 rings (SSSR count). The van der Waals surface area contributed by atoms with Gasteiger partial charge in [0.2, 0.25) is 0 Å². The molecule has 1 aliphatic heterocycles. The average Bonchev–Trinajstić information content (AvgIpc) is 2.75. The third-order valence-electron chi connectivity index (χ3n) is 5.11. The predicted octanol–water partition coefficient (Wildman–Crippen LogP) is 4.85. The van der Waals surface area contributed by atoms with Gasteiger partial charge in [0.05, 0.1) is 5.69 Å². The zero-order chi connectivity index (χ0) is 20.9. The molecule has 3 aromatic carbocycles. The second-order valence-electron chi connectivity index (χ2n) is 7.34. The van der Waals surface area contributed by atoms with Crippen LogP contribution in [0.1, 0.15) is 5.56 Å². The molecule has 154 valence electrons. The first-order valence-corrected chi connectivity index (χ1v) is 10.0. The van der Waals surface area contributed by atoms with Crippen LogP contribution in [0.25, 0.3) is 0 Å². The number of piperazine rings is 1. The highest BCUT2D eigenvalue weighted by molar-refractivity contribution is 5.91. The number of carbonyl (C=O) groups is 1. The molecule has 1 fully saturated rings. The number of anilines is 2. The predicted molar refractivity (Wildman–Crippen MR) is 119 cm³/mol. The maximum Gasteiger partial charge on any atom is 0.322 e. The van der Waals surface area contributed by atoms with E-state index in [1.54, 1.807) is 17.0 Å². The maximum absolute atomic E-state index is 12.8. The van der Waals surface area contributed by atoms with Crippen molar-refractivity contribution in [2.75, 3.05) is 36.4 Å². The van der Waals surface area contributed by atoms with Gasteiger partial charge in [-0.1, -0.05) is 30.3 Å². The highest BCUT2D eigenvalue weighted by Gasteiger charge is 2.22. The number of carbonyl (C=O) groups excluding carboxylic acids is 1. The molecule has 0 spiro atoms. The average molecular weight is 403 g/mol. The summed E-state index contributed by atoms with van der Waals surface area (Å²) >= 11 is 0. The van der Waals surface area contributed by atoms with Crippen molar-refractivity contribution in [1.82, 2.24) is 4.90 Å². The normalized spacial score (nSPS) is 13.8. The number of benzene rings is 3. The number of phenolic OH excluding ortho intramolecular Hbond substituents is 1. The van der Waals surface area contributed by atoms with Crippen molar-refractivity contribution in [3.63, 3.8) is 0 Å². The molecule has 0 aliphatic carbocycles. The van der Waals surface area contributed by atoms with Crippen LogP contribution in [0.15, 0.2) is 72.8 Å². The van der Waals surface area contributed by atoms with E-state index in [4.69, 9.17) is 4.74 Å². The number of nitrogens with zero attached hydrogens (tertiary/aromatic N) is 2. The molecule has 0 bridgehead atoms. The largest absolute Gasteiger partial charge is 0.508 e. The second-order valence-corrected chi connectivity index (χ2v) is 7.34. The number of aryl methyl sites for hydroxylation is 1. The van der Waals surface area contributed by atoms with Crippen molar-refractivity contribution in [2.24, 2.45) is 0 Å². The molecule has 2 N–H and O–H groups in total. The van der Waals surface area contributed by atoms with E-state index in [2.05, 4.69) is 10.2 Å². The Balaban J connectivity index is 1.39. The van der Waals surface area contributed by atoms with E-state index in [1.807, 2.05) is 67.6 Å². The van der Waals surface area contributed by atoms with Crippen molar-refractivity contribution < 1.29 is 14.6 Å². The van der Waals surface area contributed by atoms with Crippen LogP contribution in [0.3, 0.4) is 0 Å². The Morgan fingerprint density at radius 2 is 1.70 bits per heavy atom. The number of amides is 2. The molecule has 0 radical (unpaired) electrons. The fraction of sp³-hybridized carbons (Fsp3) is 0.208. The van der Waals surface area contributed by atoms with Gasteiger partial charge in [0.15, 0.2) is 5.75 Å². The van der Waals surface area contributed by atoms with Gasteiger partial charge in [-0.25, -0.2) is 4.79 Å². The zero-order valence-electron chi connectivity index (χ0n) is 16.9. The SMILES string of the molecule is Cc1cccc(Oc2ccccc2NC(=O)N2CCN(c3cccc(O)c3)CC2)c1. The molecular formula is C24H25N3O3. The first-order chi connectivity index (χ1) is 14.6. The number of rotatable bonds is 4. The van der Waals surface area contributed by atoms with Crippen molar-refractivity contribution >= 4 is 17.4 Å². The van der Waals surface area contributed by atoms with Crippen LogP contribution in [-0.2, 0) is 0 Å². The van der Waals surface area contributed by atoms with E-state index in [1.165, 1.54) is 0 Å². The lowest BCUT2D eigenvalue weighted by atomic mass is 10.2. The van der Waals surface area contributed by atoms with E-state index in [-0.39, 0.29) is 11.8 Å². The number of aromatic hydroxyl groups is 1. The first-order valence-electron chi connectivity index (χ1n) is 10.0. The fourth-order valence-electron chi connectivity index (χ4n) is 3.52. The fourth-order valence-corrected chi connectivity index (χ4v) is 3.52. The summed E-state index contributed by atoms with van der Waals surface area (Å²) in [7, 11) is 0. The van der Waals surface area contributed by atoms with Crippen molar-refractivity contribution in [3.05, 3.63) is 78.4 Å². The molecule has 6 heteroatoms. The van der Waals surface area contributed by atoms with Gasteiger partial charge in [0.25, 0.3) is 0 Å². The Morgan fingerprint density at radius 1 is 0.933 bits per heavy atom.